The van der Waals surface area contributed by atoms with Crippen LogP contribution in [-0.4, -0.2) is 62.1 Å². The van der Waals surface area contributed by atoms with Crippen LogP contribution in [-0.2, 0) is 14.3 Å². The average Bonchev–Trinajstić information content (AvgIpc) is 2.33. The lowest BCUT2D eigenvalue weighted by atomic mass is 10.1. The minimum absolute atomic E-state index is 0.166. The van der Waals surface area contributed by atoms with E-state index in [1.54, 1.807) is 0 Å². The molecule has 0 radical (unpaired) electrons. The minimum atomic E-state index is -0.214. The summed E-state index contributed by atoms with van der Waals surface area (Å²) in [7, 11) is 0. The van der Waals surface area contributed by atoms with Gasteiger partial charge >= 0.3 is 0 Å². The Morgan fingerprint density at radius 1 is 1.35 bits per heavy atom. The number of nitrogens with zero attached hydrogens (tertiary/aromatic N) is 1. The van der Waals surface area contributed by atoms with Crippen LogP contribution < -0.4 is 10.6 Å². The van der Waals surface area contributed by atoms with E-state index in [1.165, 1.54) is 0 Å². The van der Waals surface area contributed by atoms with E-state index in [2.05, 4.69) is 15.5 Å². The molecule has 96 valence electrons. The quantitative estimate of drug-likeness (QED) is 0.600. The van der Waals surface area contributed by atoms with Gasteiger partial charge in [-0.1, -0.05) is 0 Å². The Morgan fingerprint density at radius 3 is 2.82 bits per heavy atom. The Labute approximate surface area is 101 Å². The lowest BCUT2D eigenvalue weighted by molar-refractivity contribution is -0.134. The lowest BCUT2D eigenvalue weighted by Gasteiger charge is -2.28. The van der Waals surface area contributed by atoms with E-state index in [9.17, 15) is 9.59 Å². The van der Waals surface area contributed by atoms with E-state index in [4.69, 9.17) is 4.74 Å². The second kappa shape index (κ2) is 6.09. The normalized spacial score (nSPS) is 26.9. The Kier molecular flexibility index (Phi) is 4.47. The third kappa shape index (κ3) is 3.76. The maximum Gasteiger partial charge on any atom is 0.243 e. The van der Waals surface area contributed by atoms with Crippen molar-refractivity contribution in [2.45, 2.75) is 18.9 Å². The number of morpholine rings is 1. The first kappa shape index (κ1) is 12.5. The number of amides is 2. The summed E-state index contributed by atoms with van der Waals surface area (Å²) in [5, 5.41) is 5.54. The van der Waals surface area contributed by atoms with Gasteiger partial charge < -0.3 is 10.1 Å². The number of hydrogen-bond donors (Lipinski definition) is 2. The highest BCUT2D eigenvalue weighted by Crippen LogP contribution is 2.04. The molecule has 2 aliphatic heterocycles. The predicted octanol–water partition coefficient (Wildman–Crippen LogP) is -1.29. The van der Waals surface area contributed by atoms with Gasteiger partial charge in [-0.2, -0.15) is 0 Å². The predicted molar refractivity (Wildman–Crippen MR) is 61.4 cm³/mol. The summed E-state index contributed by atoms with van der Waals surface area (Å²) in [5.74, 6) is -0.357. The van der Waals surface area contributed by atoms with Gasteiger partial charge in [0.25, 0.3) is 0 Å². The van der Waals surface area contributed by atoms with Gasteiger partial charge in [-0.3, -0.25) is 19.8 Å². The SMILES string of the molecule is O=C1CCC(NCCN2CCOCC2)C(=O)N1. The summed E-state index contributed by atoms with van der Waals surface area (Å²) in [6.07, 6.45) is 1.04. The Morgan fingerprint density at radius 2 is 2.12 bits per heavy atom. The molecule has 2 fully saturated rings. The first-order valence-corrected chi connectivity index (χ1v) is 6.13. The van der Waals surface area contributed by atoms with Crippen molar-refractivity contribution in [1.82, 2.24) is 15.5 Å². The molecule has 0 spiro atoms. The highest BCUT2D eigenvalue weighted by molar-refractivity contribution is 6.00. The molecule has 2 amide bonds. The third-order valence-electron chi connectivity index (χ3n) is 3.16. The average molecular weight is 241 g/mol. The number of piperidine rings is 1. The van der Waals surface area contributed by atoms with Gasteiger partial charge in [0.15, 0.2) is 0 Å². The summed E-state index contributed by atoms with van der Waals surface area (Å²) in [5.41, 5.74) is 0. The number of imide groups is 1. The summed E-state index contributed by atoms with van der Waals surface area (Å²) in [4.78, 5) is 24.7. The fourth-order valence-corrected chi connectivity index (χ4v) is 2.11. The first-order chi connectivity index (χ1) is 8.25. The maximum atomic E-state index is 11.5. The summed E-state index contributed by atoms with van der Waals surface area (Å²) >= 11 is 0. The molecule has 6 heteroatoms. The molecule has 0 aromatic carbocycles. The van der Waals surface area contributed by atoms with Crippen LogP contribution in [0.1, 0.15) is 12.8 Å². The molecule has 0 aromatic rings. The van der Waals surface area contributed by atoms with Gasteiger partial charge in [0.2, 0.25) is 11.8 Å². The fourth-order valence-electron chi connectivity index (χ4n) is 2.11. The van der Waals surface area contributed by atoms with Crippen molar-refractivity contribution < 1.29 is 14.3 Å². The zero-order chi connectivity index (χ0) is 12.1. The van der Waals surface area contributed by atoms with Gasteiger partial charge in [0.05, 0.1) is 19.3 Å². The minimum Gasteiger partial charge on any atom is -0.379 e. The van der Waals surface area contributed by atoms with Crippen LogP contribution in [0.25, 0.3) is 0 Å². The van der Waals surface area contributed by atoms with Gasteiger partial charge in [0.1, 0.15) is 0 Å². The molecule has 0 aromatic heterocycles. The second-order valence-corrected chi connectivity index (χ2v) is 4.41. The van der Waals surface area contributed by atoms with Crippen molar-refractivity contribution in [2.24, 2.45) is 0 Å². The van der Waals surface area contributed by atoms with Crippen LogP contribution in [0.5, 0.6) is 0 Å². The van der Waals surface area contributed by atoms with Gasteiger partial charge in [0, 0.05) is 32.6 Å². The number of ether oxygens (including phenoxy) is 1. The summed E-state index contributed by atoms with van der Waals surface area (Å²) in [6.45, 7) is 5.18. The maximum absolute atomic E-state index is 11.5. The number of carbonyl (C=O) groups is 2. The van der Waals surface area contributed by atoms with Crippen LogP contribution >= 0.6 is 0 Å². The second-order valence-electron chi connectivity index (χ2n) is 4.41. The molecule has 2 aliphatic rings. The van der Waals surface area contributed by atoms with Crippen molar-refractivity contribution in [3.8, 4) is 0 Å². The largest absolute Gasteiger partial charge is 0.379 e. The highest BCUT2D eigenvalue weighted by Gasteiger charge is 2.25. The monoisotopic (exact) mass is 241 g/mol. The fraction of sp³-hybridized carbons (Fsp3) is 0.818. The van der Waals surface area contributed by atoms with E-state index in [0.29, 0.717) is 12.8 Å². The molecule has 1 atom stereocenters. The molecule has 2 heterocycles. The van der Waals surface area contributed by atoms with Crippen LogP contribution in [0.3, 0.4) is 0 Å². The molecule has 0 bridgehead atoms. The lowest BCUT2D eigenvalue weighted by Crippen LogP contribution is -2.52. The van der Waals surface area contributed by atoms with Crippen molar-refractivity contribution in [2.75, 3.05) is 39.4 Å². The van der Waals surface area contributed by atoms with Gasteiger partial charge in [-0.15, -0.1) is 0 Å². The Hall–Kier alpha value is -0.980. The molecular weight excluding hydrogens is 222 g/mol. The topological polar surface area (TPSA) is 70.7 Å². The van der Waals surface area contributed by atoms with E-state index in [-0.39, 0.29) is 17.9 Å². The summed E-state index contributed by atoms with van der Waals surface area (Å²) < 4.78 is 5.26. The van der Waals surface area contributed by atoms with E-state index < -0.39 is 0 Å². The zero-order valence-corrected chi connectivity index (χ0v) is 9.91. The molecule has 17 heavy (non-hydrogen) atoms. The summed E-state index contributed by atoms with van der Waals surface area (Å²) in [6, 6.07) is -0.214. The number of nitrogens with one attached hydrogen (secondary N) is 2. The van der Waals surface area contributed by atoms with Crippen LogP contribution in [0, 0.1) is 0 Å². The van der Waals surface area contributed by atoms with E-state index >= 15 is 0 Å². The van der Waals surface area contributed by atoms with Crippen molar-refractivity contribution in [3.63, 3.8) is 0 Å². The van der Waals surface area contributed by atoms with Crippen LogP contribution in [0.4, 0.5) is 0 Å². The molecule has 0 aliphatic carbocycles. The molecule has 2 N–H and O–H groups in total. The van der Waals surface area contributed by atoms with Crippen LogP contribution in [0.2, 0.25) is 0 Å². The smallest absolute Gasteiger partial charge is 0.243 e. The van der Waals surface area contributed by atoms with Crippen molar-refractivity contribution in [1.29, 1.82) is 0 Å². The third-order valence-corrected chi connectivity index (χ3v) is 3.16. The zero-order valence-electron chi connectivity index (χ0n) is 9.91. The number of hydrogen-bond acceptors (Lipinski definition) is 5. The molecular formula is C11H19N3O3. The first-order valence-electron chi connectivity index (χ1n) is 6.13. The standard InChI is InChI=1S/C11H19N3O3/c15-10-2-1-9(11(16)13-10)12-3-4-14-5-7-17-8-6-14/h9,12H,1-8H2,(H,13,15,16). The van der Waals surface area contributed by atoms with Gasteiger partial charge in [-0.25, -0.2) is 0 Å². The van der Waals surface area contributed by atoms with E-state index in [0.717, 1.165) is 39.4 Å². The molecule has 6 nitrogen and oxygen atoms in total. The number of rotatable bonds is 4. The van der Waals surface area contributed by atoms with E-state index in [1.807, 2.05) is 0 Å². The molecule has 0 saturated carbocycles. The Balaban J connectivity index is 1.64. The van der Waals surface area contributed by atoms with Gasteiger partial charge in [-0.05, 0) is 6.42 Å². The van der Waals surface area contributed by atoms with Crippen LogP contribution in [0.15, 0.2) is 0 Å². The number of carbonyl (C=O) groups excluding carboxylic acids is 2. The Bertz CT molecular complexity index is 290. The van der Waals surface area contributed by atoms with Crippen molar-refractivity contribution >= 4 is 11.8 Å². The highest BCUT2D eigenvalue weighted by atomic mass is 16.5. The molecule has 2 rings (SSSR count). The van der Waals surface area contributed by atoms with Crippen molar-refractivity contribution in [3.05, 3.63) is 0 Å². The molecule has 1 unspecified atom stereocenters. The molecule has 2 saturated heterocycles.